The number of cyclic esters (lactones) is 1. The maximum Gasteiger partial charge on any atom is 0.314 e. The first-order valence-corrected chi connectivity index (χ1v) is 5.95. The molecule has 0 aliphatic carbocycles. The van der Waals surface area contributed by atoms with Crippen molar-refractivity contribution in [3.63, 3.8) is 0 Å². The molecule has 4 heteroatoms. The van der Waals surface area contributed by atoms with Gasteiger partial charge in [-0.1, -0.05) is 35.7 Å². The second-order valence-corrected chi connectivity index (χ2v) is 5.05. The molecule has 1 saturated heterocycles. The van der Waals surface area contributed by atoms with E-state index in [-0.39, 0.29) is 17.7 Å². The van der Waals surface area contributed by atoms with Crippen LogP contribution in [0.5, 0.6) is 0 Å². The standard InChI is InChI=1S/C10H16BBrO2/c1-3-4-5-7-8(11)9(6(2)12)14-10(7)13/h7-8H,3-5,11H2,1-2H3/b9-6-. The van der Waals surface area contributed by atoms with Crippen LogP contribution in [0.1, 0.15) is 33.1 Å². The van der Waals surface area contributed by atoms with Crippen LogP contribution in [0.2, 0.25) is 5.82 Å². The quantitative estimate of drug-likeness (QED) is 0.574. The lowest BCUT2D eigenvalue weighted by Gasteiger charge is -2.09. The minimum atomic E-state index is -0.0558. The van der Waals surface area contributed by atoms with Crippen molar-refractivity contribution in [2.45, 2.75) is 38.9 Å². The van der Waals surface area contributed by atoms with Gasteiger partial charge in [-0.25, -0.2) is 0 Å². The molecule has 1 heterocycles. The highest BCUT2D eigenvalue weighted by molar-refractivity contribution is 9.11. The van der Waals surface area contributed by atoms with E-state index in [0.717, 1.165) is 29.5 Å². The summed E-state index contributed by atoms with van der Waals surface area (Å²) in [5.74, 6) is 1.06. The van der Waals surface area contributed by atoms with Gasteiger partial charge in [-0.2, -0.15) is 0 Å². The predicted octanol–water partition coefficient (Wildman–Crippen LogP) is 2.40. The van der Waals surface area contributed by atoms with Crippen molar-refractivity contribution in [3.05, 3.63) is 10.2 Å². The minimum Gasteiger partial charge on any atom is -0.430 e. The summed E-state index contributed by atoms with van der Waals surface area (Å²) in [6.07, 6.45) is 3.17. The van der Waals surface area contributed by atoms with Crippen molar-refractivity contribution >= 4 is 29.7 Å². The van der Waals surface area contributed by atoms with E-state index in [2.05, 4.69) is 30.7 Å². The fraction of sp³-hybridized carbons (Fsp3) is 0.700. The SMILES string of the molecule is BC1/C(=C(\C)Br)OC(=O)C1CCCC. The zero-order valence-corrected chi connectivity index (χ0v) is 10.6. The van der Waals surface area contributed by atoms with Gasteiger partial charge in [-0.05, 0) is 13.3 Å². The normalized spacial score (nSPS) is 30.4. The Balaban J connectivity index is 2.71. The van der Waals surface area contributed by atoms with Crippen LogP contribution in [0, 0.1) is 5.92 Å². The molecule has 0 aromatic rings. The van der Waals surface area contributed by atoms with E-state index in [4.69, 9.17) is 4.74 Å². The first kappa shape index (κ1) is 11.8. The number of carbonyl (C=O) groups is 1. The summed E-state index contributed by atoms with van der Waals surface area (Å²) in [4.78, 5) is 11.5. The molecule has 0 N–H and O–H groups in total. The third-order valence-corrected chi connectivity index (χ3v) is 3.13. The van der Waals surface area contributed by atoms with E-state index in [1.165, 1.54) is 0 Å². The lowest BCUT2D eigenvalue weighted by Crippen LogP contribution is -2.11. The molecule has 78 valence electrons. The topological polar surface area (TPSA) is 26.3 Å². The molecule has 14 heavy (non-hydrogen) atoms. The van der Waals surface area contributed by atoms with Gasteiger partial charge in [0.05, 0.1) is 5.92 Å². The number of rotatable bonds is 3. The fourth-order valence-corrected chi connectivity index (χ4v) is 2.28. The molecular weight excluding hydrogens is 243 g/mol. The van der Waals surface area contributed by atoms with Gasteiger partial charge in [0, 0.05) is 10.3 Å². The Hall–Kier alpha value is -0.245. The van der Waals surface area contributed by atoms with Crippen LogP contribution in [-0.2, 0) is 9.53 Å². The Morgan fingerprint density at radius 3 is 2.71 bits per heavy atom. The zero-order valence-electron chi connectivity index (χ0n) is 8.97. The van der Waals surface area contributed by atoms with Crippen molar-refractivity contribution in [3.8, 4) is 0 Å². The summed E-state index contributed by atoms with van der Waals surface area (Å²) in [6, 6.07) is 0. The summed E-state index contributed by atoms with van der Waals surface area (Å²) in [7, 11) is 2.06. The van der Waals surface area contributed by atoms with E-state index < -0.39 is 0 Å². The highest BCUT2D eigenvalue weighted by atomic mass is 79.9. The summed E-state index contributed by atoms with van der Waals surface area (Å²) < 4.78 is 6.18. The third kappa shape index (κ3) is 2.41. The molecule has 1 aliphatic heterocycles. The van der Waals surface area contributed by atoms with Crippen molar-refractivity contribution < 1.29 is 9.53 Å². The third-order valence-electron chi connectivity index (χ3n) is 2.74. The molecule has 0 spiro atoms. The molecule has 0 amide bonds. The van der Waals surface area contributed by atoms with Crippen LogP contribution in [0.3, 0.4) is 0 Å². The Morgan fingerprint density at radius 2 is 2.29 bits per heavy atom. The van der Waals surface area contributed by atoms with Crippen LogP contribution in [0.15, 0.2) is 10.2 Å². The molecule has 0 aromatic heterocycles. The van der Waals surface area contributed by atoms with Gasteiger partial charge in [-0.3, -0.25) is 4.79 Å². The molecular formula is C10H16BBrO2. The van der Waals surface area contributed by atoms with Crippen molar-refractivity contribution in [1.29, 1.82) is 0 Å². The summed E-state index contributed by atoms with van der Waals surface area (Å²) >= 11 is 3.37. The summed E-state index contributed by atoms with van der Waals surface area (Å²) in [5.41, 5.74) is 0. The molecule has 1 rings (SSSR count). The number of halogens is 1. The maximum atomic E-state index is 11.5. The smallest absolute Gasteiger partial charge is 0.314 e. The lowest BCUT2D eigenvalue weighted by molar-refractivity contribution is -0.139. The Bertz CT molecular complexity index is 259. The molecule has 1 fully saturated rings. The van der Waals surface area contributed by atoms with Gasteiger partial charge in [-0.15, -0.1) is 0 Å². The first-order chi connectivity index (χ1) is 6.57. The van der Waals surface area contributed by atoms with Crippen molar-refractivity contribution in [2.75, 3.05) is 0 Å². The average Bonchev–Trinajstić information content (AvgIpc) is 2.40. The molecule has 0 saturated carbocycles. The van der Waals surface area contributed by atoms with E-state index in [0.29, 0.717) is 0 Å². The highest BCUT2D eigenvalue weighted by Gasteiger charge is 2.37. The average molecular weight is 259 g/mol. The second kappa shape index (κ2) is 5.01. The van der Waals surface area contributed by atoms with E-state index >= 15 is 0 Å². The van der Waals surface area contributed by atoms with E-state index in [1.807, 2.05) is 6.92 Å². The Labute approximate surface area is 94.6 Å². The van der Waals surface area contributed by atoms with Gasteiger partial charge < -0.3 is 4.74 Å². The van der Waals surface area contributed by atoms with Gasteiger partial charge >= 0.3 is 5.97 Å². The van der Waals surface area contributed by atoms with Crippen LogP contribution >= 0.6 is 15.9 Å². The van der Waals surface area contributed by atoms with Gasteiger partial charge in [0.25, 0.3) is 0 Å². The summed E-state index contributed by atoms with van der Waals surface area (Å²) in [5, 5.41) is 0. The monoisotopic (exact) mass is 258 g/mol. The Kier molecular flexibility index (Phi) is 4.23. The van der Waals surface area contributed by atoms with Crippen molar-refractivity contribution in [1.82, 2.24) is 0 Å². The zero-order chi connectivity index (χ0) is 10.7. The maximum absolute atomic E-state index is 11.5. The van der Waals surface area contributed by atoms with Crippen molar-refractivity contribution in [2.24, 2.45) is 5.92 Å². The number of hydrogen-bond donors (Lipinski definition) is 0. The number of hydrogen-bond acceptors (Lipinski definition) is 2. The largest absolute Gasteiger partial charge is 0.430 e. The van der Waals surface area contributed by atoms with E-state index in [1.54, 1.807) is 0 Å². The number of unbranched alkanes of at least 4 members (excludes halogenated alkanes) is 1. The van der Waals surface area contributed by atoms with Crippen LogP contribution in [-0.4, -0.2) is 13.8 Å². The first-order valence-electron chi connectivity index (χ1n) is 5.15. The number of esters is 1. The Morgan fingerprint density at radius 1 is 1.64 bits per heavy atom. The number of carbonyl (C=O) groups excluding carboxylic acids is 1. The molecule has 0 aromatic carbocycles. The van der Waals surface area contributed by atoms with Crippen LogP contribution in [0.4, 0.5) is 0 Å². The predicted molar refractivity (Wildman–Crippen MR) is 63.0 cm³/mol. The van der Waals surface area contributed by atoms with Crippen LogP contribution < -0.4 is 0 Å². The summed E-state index contributed by atoms with van der Waals surface area (Å²) in [6.45, 7) is 4.05. The number of ether oxygens (including phenoxy) is 1. The fourth-order valence-electron chi connectivity index (χ4n) is 1.84. The van der Waals surface area contributed by atoms with Crippen LogP contribution in [0.25, 0.3) is 0 Å². The lowest BCUT2D eigenvalue weighted by atomic mass is 9.75. The second-order valence-electron chi connectivity index (χ2n) is 3.86. The number of allylic oxidation sites excluding steroid dienone is 2. The molecule has 1 aliphatic rings. The molecule has 0 bridgehead atoms. The van der Waals surface area contributed by atoms with Gasteiger partial charge in [0.1, 0.15) is 13.6 Å². The molecule has 2 atom stereocenters. The molecule has 2 unspecified atom stereocenters. The van der Waals surface area contributed by atoms with Gasteiger partial charge in [0.15, 0.2) is 0 Å². The highest BCUT2D eigenvalue weighted by Crippen LogP contribution is 2.39. The molecule has 2 nitrogen and oxygen atoms in total. The van der Waals surface area contributed by atoms with Gasteiger partial charge in [0.2, 0.25) is 0 Å². The minimum absolute atomic E-state index is 0.0558. The molecule has 0 radical (unpaired) electrons. The van der Waals surface area contributed by atoms with E-state index in [9.17, 15) is 4.79 Å².